The lowest BCUT2D eigenvalue weighted by molar-refractivity contribution is -0.113. The highest BCUT2D eigenvalue weighted by Gasteiger charge is 2.31. The number of anilines is 1. The summed E-state index contributed by atoms with van der Waals surface area (Å²) in [6.45, 7) is 2.13. The number of nitrogens with zero attached hydrogens (tertiary/aromatic N) is 2. The Kier molecular flexibility index (Phi) is 4.01. The summed E-state index contributed by atoms with van der Waals surface area (Å²) in [5.41, 5.74) is 3.42. The first kappa shape index (κ1) is 17.1. The van der Waals surface area contributed by atoms with Gasteiger partial charge in [-0.2, -0.15) is 5.10 Å². The zero-order valence-electron chi connectivity index (χ0n) is 14.9. The molecule has 0 radical (unpaired) electrons. The fourth-order valence-electron chi connectivity index (χ4n) is 3.49. The molecule has 142 valence electrons. The first-order valence-corrected chi connectivity index (χ1v) is 9.81. The van der Waals surface area contributed by atoms with Crippen LogP contribution in [0.15, 0.2) is 42.5 Å². The number of benzene rings is 2. The van der Waals surface area contributed by atoms with E-state index in [0.717, 1.165) is 22.6 Å². The van der Waals surface area contributed by atoms with E-state index in [1.165, 1.54) is 23.9 Å². The molecule has 5 rings (SSSR count). The summed E-state index contributed by atoms with van der Waals surface area (Å²) in [5, 5.41) is 7.50. The molecule has 0 bridgehead atoms. The van der Waals surface area contributed by atoms with Gasteiger partial charge in [0.15, 0.2) is 11.5 Å². The monoisotopic (exact) mass is 397 g/mol. The van der Waals surface area contributed by atoms with Crippen molar-refractivity contribution < 1.29 is 18.7 Å². The van der Waals surface area contributed by atoms with Crippen molar-refractivity contribution in [1.29, 1.82) is 0 Å². The van der Waals surface area contributed by atoms with Gasteiger partial charge in [0.05, 0.1) is 22.4 Å². The molecule has 2 aromatic carbocycles. The molecule has 28 heavy (non-hydrogen) atoms. The highest BCUT2D eigenvalue weighted by atomic mass is 32.2. The van der Waals surface area contributed by atoms with E-state index in [9.17, 15) is 9.18 Å². The van der Waals surface area contributed by atoms with Crippen LogP contribution in [0.25, 0.3) is 5.69 Å². The van der Waals surface area contributed by atoms with E-state index in [-0.39, 0.29) is 23.8 Å². The maximum absolute atomic E-state index is 13.3. The van der Waals surface area contributed by atoms with Crippen molar-refractivity contribution in [1.82, 2.24) is 9.78 Å². The molecule has 0 unspecified atom stereocenters. The van der Waals surface area contributed by atoms with Crippen molar-refractivity contribution in [3.05, 3.63) is 65.1 Å². The fraction of sp³-hybridized carbons (Fsp3) is 0.200. The largest absolute Gasteiger partial charge is 0.454 e. The Morgan fingerprint density at radius 2 is 1.96 bits per heavy atom. The van der Waals surface area contributed by atoms with Gasteiger partial charge in [-0.3, -0.25) is 4.79 Å². The molecule has 8 heteroatoms. The third-order valence-electron chi connectivity index (χ3n) is 4.78. The molecule has 0 fully saturated rings. The topological polar surface area (TPSA) is 65.4 Å². The molecule has 1 N–H and O–H groups in total. The molecule has 1 atom stereocenters. The van der Waals surface area contributed by atoms with Gasteiger partial charge in [0.25, 0.3) is 0 Å². The number of halogens is 1. The number of fused-ring (bicyclic) bond motifs is 2. The van der Waals surface area contributed by atoms with Crippen LogP contribution in [-0.2, 0) is 4.79 Å². The normalized spacial score (nSPS) is 17.8. The van der Waals surface area contributed by atoms with E-state index in [4.69, 9.17) is 9.47 Å². The molecule has 3 aromatic rings. The number of thioether (sulfide) groups is 1. The highest BCUT2D eigenvalue weighted by molar-refractivity contribution is 8.00. The third-order valence-corrected chi connectivity index (χ3v) is 6.05. The van der Waals surface area contributed by atoms with Crippen LogP contribution in [0.1, 0.15) is 22.1 Å². The van der Waals surface area contributed by atoms with Gasteiger partial charge in [-0.1, -0.05) is 6.07 Å². The highest BCUT2D eigenvalue weighted by Crippen LogP contribution is 2.46. The van der Waals surface area contributed by atoms with E-state index in [2.05, 4.69) is 10.4 Å². The predicted molar refractivity (Wildman–Crippen MR) is 104 cm³/mol. The molecule has 0 saturated heterocycles. The summed E-state index contributed by atoms with van der Waals surface area (Å²) in [7, 11) is 0. The van der Waals surface area contributed by atoms with Crippen LogP contribution in [0.2, 0.25) is 0 Å². The number of nitrogens with one attached hydrogen (secondary N) is 1. The van der Waals surface area contributed by atoms with Crippen LogP contribution in [-0.4, -0.2) is 28.2 Å². The van der Waals surface area contributed by atoms with Gasteiger partial charge in [0.2, 0.25) is 12.7 Å². The second-order valence-corrected chi connectivity index (χ2v) is 7.68. The molecule has 6 nitrogen and oxygen atoms in total. The Morgan fingerprint density at radius 3 is 2.79 bits per heavy atom. The number of hydrogen-bond acceptors (Lipinski definition) is 5. The Morgan fingerprint density at radius 1 is 1.18 bits per heavy atom. The van der Waals surface area contributed by atoms with E-state index >= 15 is 0 Å². The van der Waals surface area contributed by atoms with Gasteiger partial charge in [-0.25, -0.2) is 9.07 Å². The van der Waals surface area contributed by atoms with Crippen LogP contribution in [0.4, 0.5) is 10.2 Å². The Bertz CT molecular complexity index is 1080. The van der Waals surface area contributed by atoms with Crippen molar-refractivity contribution in [2.75, 3.05) is 17.9 Å². The van der Waals surface area contributed by atoms with Crippen LogP contribution in [0.3, 0.4) is 0 Å². The van der Waals surface area contributed by atoms with Gasteiger partial charge in [0, 0.05) is 5.56 Å². The van der Waals surface area contributed by atoms with E-state index < -0.39 is 0 Å². The van der Waals surface area contributed by atoms with E-state index in [1.54, 1.807) is 16.8 Å². The summed E-state index contributed by atoms with van der Waals surface area (Å²) >= 11 is 1.54. The number of hydrogen-bond donors (Lipinski definition) is 1. The minimum atomic E-state index is -0.323. The molecular weight excluding hydrogens is 381 g/mol. The number of aromatic nitrogens is 2. The van der Waals surface area contributed by atoms with Gasteiger partial charge in [-0.15, -0.1) is 11.8 Å². The maximum atomic E-state index is 13.3. The Labute approximate surface area is 164 Å². The SMILES string of the molecule is Cc1nn(-c2ccc(F)cc2)c2c1[C@H](c1ccc3c(c1)OCO3)SCC(=O)N2. The van der Waals surface area contributed by atoms with E-state index in [0.29, 0.717) is 23.0 Å². The first-order valence-electron chi connectivity index (χ1n) is 8.76. The second kappa shape index (κ2) is 6.56. The van der Waals surface area contributed by atoms with Crippen molar-refractivity contribution >= 4 is 23.5 Å². The lowest BCUT2D eigenvalue weighted by Crippen LogP contribution is -2.15. The lowest BCUT2D eigenvalue weighted by Gasteiger charge is -2.16. The molecule has 2 aliphatic rings. The minimum Gasteiger partial charge on any atom is -0.454 e. The third kappa shape index (κ3) is 2.80. The zero-order valence-corrected chi connectivity index (χ0v) is 15.8. The first-order chi connectivity index (χ1) is 13.6. The summed E-state index contributed by atoms with van der Waals surface area (Å²) in [6, 6.07) is 11.9. The zero-order chi connectivity index (χ0) is 19.3. The number of aryl methyl sites for hydroxylation is 1. The van der Waals surface area contributed by atoms with Crippen LogP contribution in [0.5, 0.6) is 11.5 Å². The fourth-order valence-corrected chi connectivity index (χ4v) is 4.67. The number of ether oxygens (including phenoxy) is 2. The molecular formula is C20H16FN3O3S. The number of amides is 1. The molecule has 0 spiro atoms. The lowest BCUT2D eigenvalue weighted by atomic mass is 10.0. The molecule has 1 aromatic heterocycles. The Hall–Kier alpha value is -3.00. The maximum Gasteiger partial charge on any atom is 0.235 e. The van der Waals surface area contributed by atoms with Gasteiger partial charge >= 0.3 is 0 Å². The summed E-state index contributed by atoms with van der Waals surface area (Å²) in [6.07, 6.45) is 0. The molecule has 1 amide bonds. The smallest absolute Gasteiger partial charge is 0.235 e. The number of rotatable bonds is 2. The van der Waals surface area contributed by atoms with Crippen molar-refractivity contribution in [2.45, 2.75) is 12.2 Å². The molecule has 0 aliphatic carbocycles. The number of carbonyl (C=O) groups excluding carboxylic acids is 1. The van der Waals surface area contributed by atoms with Crippen molar-refractivity contribution in [2.24, 2.45) is 0 Å². The van der Waals surface area contributed by atoms with Gasteiger partial charge in [0.1, 0.15) is 11.6 Å². The van der Waals surface area contributed by atoms with Crippen LogP contribution in [0, 0.1) is 12.7 Å². The molecule has 0 saturated carbocycles. The molecule has 2 aliphatic heterocycles. The summed E-state index contributed by atoms with van der Waals surface area (Å²) in [5.74, 6) is 1.93. The standard InChI is InChI=1S/C20H16FN3O3S/c1-11-18-19(12-2-7-15-16(8-12)27-10-26-15)28-9-17(25)22-20(18)24(23-11)14-5-3-13(21)4-6-14/h2-8,19H,9-10H2,1H3,(H,22,25)/t19-/m0/s1. The second-order valence-electron chi connectivity index (χ2n) is 6.59. The van der Waals surface area contributed by atoms with Crippen LogP contribution < -0.4 is 14.8 Å². The van der Waals surface area contributed by atoms with Crippen LogP contribution >= 0.6 is 11.8 Å². The summed E-state index contributed by atoms with van der Waals surface area (Å²) in [4.78, 5) is 12.4. The van der Waals surface area contributed by atoms with Crippen molar-refractivity contribution in [3.63, 3.8) is 0 Å². The van der Waals surface area contributed by atoms with Gasteiger partial charge in [-0.05, 0) is 48.9 Å². The average molecular weight is 397 g/mol. The quantitative estimate of drug-likeness (QED) is 0.712. The van der Waals surface area contributed by atoms with E-state index in [1.807, 2.05) is 25.1 Å². The molecule has 3 heterocycles. The average Bonchev–Trinajstić information content (AvgIpc) is 3.23. The Balaban J connectivity index is 1.65. The number of carbonyl (C=O) groups is 1. The summed E-state index contributed by atoms with van der Waals surface area (Å²) < 4.78 is 25.9. The van der Waals surface area contributed by atoms with Gasteiger partial charge < -0.3 is 14.8 Å². The predicted octanol–water partition coefficient (Wildman–Crippen LogP) is 3.82. The van der Waals surface area contributed by atoms with Crippen molar-refractivity contribution in [3.8, 4) is 17.2 Å². The minimum absolute atomic E-state index is 0.0993.